The second-order valence-electron chi connectivity index (χ2n) is 8.52. The van der Waals surface area contributed by atoms with Crippen molar-refractivity contribution in [3.05, 3.63) is 29.8 Å². The second-order valence-corrected chi connectivity index (χ2v) is 8.52. The maximum atomic E-state index is 4.83. The Morgan fingerprint density at radius 1 is 1.07 bits per heavy atom. The Hall–Kier alpha value is -1.79. The van der Waals surface area contributed by atoms with Crippen molar-refractivity contribution >= 4 is 11.6 Å². The molecule has 6 nitrogen and oxygen atoms in total. The smallest absolute Gasteiger partial charge is 0.191 e. The molecule has 0 aliphatic carbocycles. The molecule has 2 heterocycles. The molecule has 0 bridgehead atoms. The number of rotatable bonds is 8. The van der Waals surface area contributed by atoms with Crippen molar-refractivity contribution < 1.29 is 0 Å². The van der Waals surface area contributed by atoms with Crippen LogP contribution in [-0.4, -0.2) is 87.8 Å². The molecule has 3 rings (SSSR count). The van der Waals surface area contributed by atoms with E-state index in [4.69, 9.17) is 4.99 Å². The zero-order chi connectivity index (χ0) is 20.5. The molecule has 0 radical (unpaired) electrons. The van der Waals surface area contributed by atoms with Crippen molar-refractivity contribution in [2.75, 3.05) is 70.9 Å². The van der Waals surface area contributed by atoms with Crippen molar-refractivity contribution in [1.82, 2.24) is 20.4 Å². The highest BCUT2D eigenvalue weighted by Gasteiger charge is 2.23. The second kappa shape index (κ2) is 11.4. The summed E-state index contributed by atoms with van der Waals surface area (Å²) in [7, 11) is 2.21. The van der Waals surface area contributed by atoms with Gasteiger partial charge in [-0.2, -0.15) is 0 Å². The van der Waals surface area contributed by atoms with Crippen LogP contribution in [0.5, 0.6) is 0 Å². The Morgan fingerprint density at radius 2 is 1.83 bits per heavy atom. The number of nitrogens with one attached hydrogen (secondary N) is 2. The lowest BCUT2D eigenvalue weighted by molar-refractivity contribution is 0.152. The van der Waals surface area contributed by atoms with Gasteiger partial charge >= 0.3 is 0 Å². The fourth-order valence-corrected chi connectivity index (χ4v) is 4.09. The maximum Gasteiger partial charge on any atom is 0.191 e. The van der Waals surface area contributed by atoms with Gasteiger partial charge in [0.15, 0.2) is 5.96 Å². The lowest BCUT2D eigenvalue weighted by Crippen LogP contribution is -2.45. The van der Waals surface area contributed by atoms with Gasteiger partial charge < -0.3 is 25.3 Å². The van der Waals surface area contributed by atoms with Gasteiger partial charge in [0.1, 0.15) is 0 Å². The van der Waals surface area contributed by atoms with Gasteiger partial charge in [-0.15, -0.1) is 0 Å². The summed E-state index contributed by atoms with van der Waals surface area (Å²) in [6, 6.07) is 9.32. The average molecular weight is 401 g/mol. The van der Waals surface area contributed by atoms with Crippen LogP contribution in [0.2, 0.25) is 0 Å². The highest BCUT2D eigenvalue weighted by atomic mass is 15.3. The van der Waals surface area contributed by atoms with Crippen molar-refractivity contribution in [1.29, 1.82) is 0 Å². The monoisotopic (exact) mass is 400 g/mol. The van der Waals surface area contributed by atoms with Crippen LogP contribution in [0.3, 0.4) is 0 Å². The van der Waals surface area contributed by atoms with E-state index in [-0.39, 0.29) is 0 Å². The Kier molecular flexibility index (Phi) is 8.62. The molecule has 1 aromatic rings. The van der Waals surface area contributed by atoms with Crippen LogP contribution in [0.25, 0.3) is 0 Å². The quantitative estimate of drug-likeness (QED) is 0.398. The maximum absolute atomic E-state index is 4.83. The van der Waals surface area contributed by atoms with Crippen LogP contribution in [0.4, 0.5) is 5.69 Å². The normalized spacial score (nSPS) is 21.6. The Labute approximate surface area is 177 Å². The summed E-state index contributed by atoms with van der Waals surface area (Å²) in [4.78, 5) is 12.3. The zero-order valence-corrected chi connectivity index (χ0v) is 18.7. The molecule has 1 atom stereocenters. The molecule has 0 aromatic heterocycles. The van der Waals surface area contributed by atoms with Gasteiger partial charge in [-0.25, -0.2) is 0 Å². The number of hydrogen-bond acceptors (Lipinski definition) is 4. The van der Waals surface area contributed by atoms with Crippen LogP contribution < -0.4 is 15.5 Å². The molecule has 0 spiro atoms. The molecule has 1 unspecified atom stereocenters. The number of piperazine rings is 1. The van der Waals surface area contributed by atoms with Gasteiger partial charge in [0.2, 0.25) is 0 Å². The first-order chi connectivity index (χ1) is 14.1. The van der Waals surface area contributed by atoms with E-state index in [9.17, 15) is 0 Å². The first-order valence-corrected chi connectivity index (χ1v) is 11.4. The highest BCUT2D eigenvalue weighted by molar-refractivity contribution is 5.80. The summed E-state index contributed by atoms with van der Waals surface area (Å²) < 4.78 is 0. The number of aryl methyl sites for hydroxylation is 1. The lowest BCUT2D eigenvalue weighted by atomic mass is 10.2. The van der Waals surface area contributed by atoms with E-state index in [1.807, 2.05) is 0 Å². The molecule has 2 aliphatic heterocycles. The first kappa shape index (κ1) is 21.9. The fourth-order valence-electron chi connectivity index (χ4n) is 4.09. The molecule has 162 valence electrons. The Morgan fingerprint density at radius 3 is 2.55 bits per heavy atom. The molecule has 2 saturated heterocycles. The van der Waals surface area contributed by atoms with E-state index < -0.39 is 0 Å². The van der Waals surface area contributed by atoms with Crippen LogP contribution in [0, 0.1) is 6.92 Å². The van der Waals surface area contributed by atoms with Crippen LogP contribution in [0.15, 0.2) is 29.3 Å². The molecule has 29 heavy (non-hydrogen) atoms. The number of aliphatic imine (C=N–C) groups is 1. The zero-order valence-electron chi connectivity index (χ0n) is 18.7. The predicted molar refractivity (Wildman–Crippen MR) is 124 cm³/mol. The summed E-state index contributed by atoms with van der Waals surface area (Å²) in [6.45, 7) is 14.3. The van der Waals surface area contributed by atoms with E-state index in [2.05, 4.69) is 70.5 Å². The van der Waals surface area contributed by atoms with Crippen molar-refractivity contribution in [3.63, 3.8) is 0 Å². The summed E-state index contributed by atoms with van der Waals surface area (Å²) in [6.07, 6.45) is 3.54. The number of anilines is 1. The van der Waals surface area contributed by atoms with Gasteiger partial charge in [0.25, 0.3) is 0 Å². The van der Waals surface area contributed by atoms with Gasteiger partial charge in [-0.3, -0.25) is 4.99 Å². The summed E-state index contributed by atoms with van der Waals surface area (Å²) >= 11 is 0. The third kappa shape index (κ3) is 7.19. The van der Waals surface area contributed by atoms with Crippen LogP contribution in [0.1, 0.15) is 31.7 Å². The number of likely N-dealkylation sites (N-methyl/N-ethyl adjacent to an activating group) is 1. The number of benzene rings is 1. The van der Waals surface area contributed by atoms with E-state index in [1.165, 1.54) is 50.4 Å². The summed E-state index contributed by atoms with van der Waals surface area (Å²) in [5.74, 6) is 0.975. The number of hydrogen-bond donors (Lipinski definition) is 2. The topological polar surface area (TPSA) is 46.1 Å². The van der Waals surface area contributed by atoms with Gasteiger partial charge in [-0.1, -0.05) is 17.7 Å². The van der Waals surface area contributed by atoms with Crippen LogP contribution in [-0.2, 0) is 0 Å². The van der Waals surface area contributed by atoms with E-state index >= 15 is 0 Å². The highest BCUT2D eigenvalue weighted by Crippen LogP contribution is 2.20. The van der Waals surface area contributed by atoms with Crippen LogP contribution >= 0.6 is 0 Å². The Bertz CT molecular complexity index is 621. The van der Waals surface area contributed by atoms with E-state index in [1.54, 1.807) is 0 Å². The minimum atomic E-state index is 0.458. The first-order valence-electron chi connectivity index (χ1n) is 11.4. The summed E-state index contributed by atoms with van der Waals surface area (Å²) in [5.41, 5.74) is 2.64. The molecule has 2 fully saturated rings. The van der Waals surface area contributed by atoms with Crippen molar-refractivity contribution in [2.45, 2.75) is 39.2 Å². The van der Waals surface area contributed by atoms with Crippen molar-refractivity contribution in [3.8, 4) is 0 Å². The number of nitrogens with zero attached hydrogens (tertiary/aromatic N) is 4. The van der Waals surface area contributed by atoms with Gasteiger partial charge in [0.05, 0.1) is 0 Å². The molecular weight excluding hydrogens is 360 g/mol. The van der Waals surface area contributed by atoms with Crippen molar-refractivity contribution in [2.24, 2.45) is 4.99 Å². The largest absolute Gasteiger partial charge is 0.369 e. The SMILES string of the molecule is CCNC(=NCCCCN1CCN(C)CC1)NC1CCN(c2ccc(C)cc2)C1. The van der Waals surface area contributed by atoms with Gasteiger partial charge in [0, 0.05) is 64.1 Å². The molecule has 0 saturated carbocycles. The molecule has 6 heteroatoms. The standard InChI is InChI=1S/C23H40N6/c1-4-24-23(25-12-5-6-13-28-17-15-27(3)16-18-28)26-21-11-14-29(19-21)22-9-7-20(2)8-10-22/h7-10,21H,4-6,11-19H2,1-3H3,(H2,24,25,26). The third-order valence-corrected chi connectivity index (χ3v) is 6.02. The molecule has 1 aromatic carbocycles. The third-order valence-electron chi connectivity index (χ3n) is 6.02. The number of guanidine groups is 1. The molecule has 2 aliphatic rings. The average Bonchev–Trinajstić information content (AvgIpc) is 3.18. The summed E-state index contributed by atoms with van der Waals surface area (Å²) in [5, 5.41) is 7.08. The number of unbranched alkanes of at least 4 members (excludes halogenated alkanes) is 1. The van der Waals surface area contributed by atoms with Gasteiger partial charge in [-0.05, 0) is 58.8 Å². The van der Waals surface area contributed by atoms with E-state index in [0.717, 1.165) is 45.0 Å². The fraction of sp³-hybridized carbons (Fsp3) is 0.696. The molecular formula is C23H40N6. The minimum Gasteiger partial charge on any atom is -0.369 e. The van der Waals surface area contributed by atoms with E-state index in [0.29, 0.717) is 6.04 Å². The predicted octanol–water partition coefficient (Wildman–Crippen LogP) is 2.16. The minimum absolute atomic E-state index is 0.458. The molecule has 2 N–H and O–H groups in total. The lowest BCUT2D eigenvalue weighted by Gasteiger charge is -2.32. The molecule has 0 amide bonds. The Balaban J connectivity index is 1.38.